The summed E-state index contributed by atoms with van der Waals surface area (Å²) in [6.45, 7) is 0. The van der Waals surface area contributed by atoms with E-state index in [4.69, 9.17) is 10.5 Å². The van der Waals surface area contributed by atoms with Crippen molar-refractivity contribution in [2.45, 2.75) is 0 Å². The van der Waals surface area contributed by atoms with E-state index in [1.807, 2.05) is 0 Å². The van der Waals surface area contributed by atoms with Crippen molar-refractivity contribution in [3.05, 3.63) is 45.1 Å². The molecule has 0 unspecified atom stereocenters. The Bertz CT molecular complexity index is 843. The molecule has 0 saturated carbocycles. The Labute approximate surface area is 105 Å². The van der Waals surface area contributed by atoms with Gasteiger partial charge in [-0.25, -0.2) is 4.79 Å². The number of aromatic amines is 3. The smallest absolute Gasteiger partial charge is 0.327 e. The van der Waals surface area contributed by atoms with Crippen LogP contribution < -0.4 is 21.7 Å². The topological polar surface area (TPSA) is 130 Å². The third kappa shape index (κ3) is 2.06. The minimum atomic E-state index is -0.622. The number of benzene rings is 1. The molecular formula is C11H9N5O3. The average molecular weight is 259 g/mol. The lowest BCUT2D eigenvalue weighted by molar-refractivity contribution is 0.449. The summed E-state index contributed by atoms with van der Waals surface area (Å²) in [6, 6.07) is 6.77. The third-order valence-electron chi connectivity index (χ3n) is 2.46. The molecule has 0 atom stereocenters. The van der Waals surface area contributed by atoms with E-state index < -0.39 is 11.2 Å². The van der Waals surface area contributed by atoms with Gasteiger partial charge in [0.2, 0.25) is 0 Å². The SMILES string of the molecule is Nc1ccc(Oc2nc3[nH]c(=O)[nH]c(=O)c3[nH]2)cc1. The molecule has 0 amide bonds. The van der Waals surface area contributed by atoms with Crippen LogP contribution in [0, 0.1) is 0 Å². The lowest BCUT2D eigenvalue weighted by Gasteiger charge is -2.00. The zero-order valence-electron chi connectivity index (χ0n) is 9.56. The van der Waals surface area contributed by atoms with Gasteiger partial charge in [-0.15, -0.1) is 0 Å². The molecule has 0 aliphatic rings. The van der Waals surface area contributed by atoms with Crippen LogP contribution >= 0.6 is 0 Å². The van der Waals surface area contributed by atoms with Crippen molar-refractivity contribution in [2.24, 2.45) is 0 Å². The molecule has 0 saturated heterocycles. The second-order valence-corrected chi connectivity index (χ2v) is 3.84. The maximum atomic E-state index is 11.5. The molecule has 3 rings (SSSR count). The van der Waals surface area contributed by atoms with Crippen LogP contribution in [0.15, 0.2) is 33.9 Å². The molecule has 8 nitrogen and oxygen atoms in total. The summed E-state index contributed by atoms with van der Waals surface area (Å²) in [5.74, 6) is 0.507. The third-order valence-corrected chi connectivity index (χ3v) is 2.46. The monoisotopic (exact) mass is 259 g/mol. The van der Waals surface area contributed by atoms with E-state index in [0.717, 1.165) is 0 Å². The van der Waals surface area contributed by atoms with Gasteiger partial charge in [0.15, 0.2) is 11.2 Å². The minimum Gasteiger partial charge on any atom is -0.426 e. The van der Waals surface area contributed by atoms with Crippen molar-refractivity contribution in [1.29, 1.82) is 0 Å². The highest BCUT2D eigenvalue weighted by atomic mass is 16.5. The van der Waals surface area contributed by atoms with Crippen molar-refractivity contribution < 1.29 is 4.74 Å². The van der Waals surface area contributed by atoms with Crippen LogP contribution in [0.5, 0.6) is 11.8 Å². The lowest BCUT2D eigenvalue weighted by Crippen LogP contribution is -2.21. The second kappa shape index (κ2) is 4.02. The zero-order valence-corrected chi connectivity index (χ0v) is 9.56. The van der Waals surface area contributed by atoms with Crippen molar-refractivity contribution in [3.8, 4) is 11.8 Å². The maximum absolute atomic E-state index is 11.5. The van der Waals surface area contributed by atoms with Crippen molar-refractivity contribution in [1.82, 2.24) is 19.9 Å². The van der Waals surface area contributed by atoms with Gasteiger partial charge in [-0.2, -0.15) is 4.98 Å². The van der Waals surface area contributed by atoms with Gasteiger partial charge < -0.3 is 15.5 Å². The van der Waals surface area contributed by atoms with Crippen LogP contribution in [-0.4, -0.2) is 19.9 Å². The standard InChI is InChI=1S/C11H9N5O3/c12-5-1-3-6(4-2-5)19-11-13-7-8(15-11)14-10(18)16-9(7)17/h1-4H,12H2,(H3,13,14,15,16,17,18). The molecule has 0 aliphatic carbocycles. The first-order chi connectivity index (χ1) is 9.11. The van der Waals surface area contributed by atoms with Gasteiger partial charge >= 0.3 is 11.7 Å². The van der Waals surface area contributed by atoms with Crippen molar-refractivity contribution >= 4 is 16.9 Å². The number of nitrogens with two attached hydrogens (primary N) is 1. The van der Waals surface area contributed by atoms with Gasteiger partial charge in [0, 0.05) is 5.69 Å². The largest absolute Gasteiger partial charge is 0.426 e. The van der Waals surface area contributed by atoms with Gasteiger partial charge in [0.05, 0.1) is 0 Å². The van der Waals surface area contributed by atoms with Crippen molar-refractivity contribution in [3.63, 3.8) is 0 Å². The molecule has 0 spiro atoms. The van der Waals surface area contributed by atoms with E-state index in [-0.39, 0.29) is 17.2 Å². The molecule has 2 heterocycles. The van der Waals surface area contributed by atoms with Crippen LogP contribution in [0.25, 0.3) is 11.2 Å². The summed E-state index contributed by atoms with van der Waals surface area (Å²) < 4.78 is 5.42. The number of imidazole rings is 1. The summed E-state index contributed by atoms with van der Waals surface area (Å²) in [5, 5.41) is 0. The van der Waals surface area contributed by atoms with E-state index >= 15 is 0 Å². The fourth-order valence-electron chi connectivity index (χ4n) is 1.61. The number of rotatable bonds is 2. The summed E-state index contributed by atoms with van der Waals surface area (Å²) in [5.41, 5.74) is 5.27. The Kier molecular flexibility index (Phi) is 2.34. The first-order valence-electron chi connectivity index (χ1n) is 5.37. The van der Waals surface area contributed by atoms with Gasteiger partial charge in [0.25, 0.3) is 5.56 Å². The van der Waals surface area contributed by atoms with E-state index in [0.29, 0.717) is 11.4 Å². The van der Waals surface area contributed by atoms with Gasteiger partial charge in [-0.1, -0.05) is 0 Å². The quantitative estimate of drug-likeness (QED) is 0.492. The predicted molar refractivity (Wildman–Crippen MR) is 68.3 cm³/mol. The fraction of sp³-hybridized carbons (Fsp3) is 0. The maximum Gasteiger partial charge on any atom is 0.327 e. The summed E-state index contributed by atoms with van der Waals surface area (Å²) in [4.78, 5) is 33.7. The Morgan fingerprint density at radius 2 is 1.79 bits per heavy atom. The molecule has 19 heavy (non-hydrogen) atoms. The fourth-order valence-corrected chi connectivity index (χ4v) is 1.61. The highest BCUT2D eigenvalue weighted by Gasteiger charge is 2.09. The lowest BCUT2D eigenvalue weighted by atomic mass is 10.3. The van der Waals surface area contributed by atoms with Crippen LogP contribution in [0.1, 0.15) is 0 Å². The molecule has 5 N–H and O–H groups in total. The zero-order chi connectivity index (χ0) is 13.4. The van der Waals surface area contributed by atoms with Crippen LogP contribution in [0.4, 0.5) is 5.69 Å². The average Bonchev–Trinajstić information content (AvgIpc) is 2.75. The highest BCUT2D eigenvalue weighted by molar-refractivity contribution is 5.69. The number of anilines is 1. The molecule has 0 bridgehead atoms. The first-order valence-corrected chi connectivity index (χ1v) is 5.37. The molecule has 2 aromatic heterocycles. The van der Waals surface area contributed by atoms with E-state index in [1.165, 1.54) is 0 Å². The Balaban J connectivity index is 2.02. The summed E-state index contributed by atoms with van der Waals surface area (Å²) in [7, 11) is 0. The molecule has 0 radical (unpaired) electrons. The minimum absolute atomic E-state index is 0.104. The molecule has 3 aromatic rings. The molecule has 0 aliphatic heterocycles. The Hall–Kier alpha value is -3.03. The predicted octanol–water partition coefficient (Wildman–Crippen LogP) is 0.314. The number of H-pyrrole nitrogens is 3. The number of nitrogen functional groups attached to an aromatic ring is 1. The summed E-state index contributed by atoms with van der Waals surface area (Å²) >= 11 is 0. The van der Waals surface area contributed by atoms with Gasteiger partial charge in [-0.3, -0.25) is 14.8 Å². The molecule has 8 heteroatoms. The molecule has 96 valence electrons. The number of nitrogens with one attached hydrogen (secondary N) is 3. The first kappa shape index (κ1) is 11.1. The number of aromatic nitrogens is 4. The summed E-state index contributed by atoms with van der Waals surface area (Å²) in [6.07, 6.45) is 0. The van der Waals surface area contributed by atoms with Crippen molar-refractivity contribution in [2.75, 3.05) is 5.73 Å². The Morgan fingerprint density at radius 3 is 2.53 bits per heavy atom. The number of hydrogen-bond acceptors (Lipinski definition) is 5. The Morgan fingerprint density at radius 1 is 1.05 bits per heavy atom. The van der Waals surface area contributed by atoms with Crippen LogP contribution in [0.3, 0.4) is 0 Å². The van der Waals surface area contributed by atoms with E-state index in [1.54, 1.807) is 24.3 Å². The number of fused-ring (bicyclic) bond motifs is 1. The number of nitrogens with zero attached hydrogens (tertiary/aromatic N) is 1. The van der Waals surface area contributed by atoms with Crippen LogP contribution in [-0.2, 0) is 0 Å². The van der Waals surface area contributed by atoms with E-state index in [9.17, 15) is 9.59 Å². The molecule has 0 fully saturated rings. The van der Waals surface area contributed by atoms with Gasteiger partial charge in [0.1, 0.15) is 5.75 Å². The number of ether oxygens (including phenoxy) is 1. The number of hydrogen-bond donors (Lipinski definition) is 4. The molecule has 1 aromatic carbocycles. The molecular weight excluding hydrogens is 250 g/mol. The highest BCUT2D eigenvalue weighted by Crippen LogP contribution is 2.20. The normalized spacial score (nSPS) is 10.7. The second-order valence-electron chi connectivity index (χ2n) is 3.84. The van der Waals surface area contributed by atoms with Crippen LogP contribution in [0.2, 0.25) is 0 Å². The van der Waals surface area contributed by atoms with E-state index in [2.05, 4.69) is 19.9 Å². The van der Waals surface area contributed by atoms with Gasteiger partial charge in [-0.05, 0) is 24.3 Å².